The van der Waals surface area contributed by atoms with E-state index >= 15 is 0 Å². The highest BCUT2D eigenvalue weighted by atomic mass is 19.4. The zero-order valence-electron chi connectivity index (χ0n) is 21.6. The summed E-state index contributed by atoms with van der Waals surface area (Å²) in [5.41, 5.74) is 0.840. The molecular formula is C28H30F3N7O. The zero-order chi connectivity index (χ0) is 27.4. The Kier molecular flexibility index (Phi) is 7.80. The lowest BCUT2D eigenvalue weighted by Gasteiger charge is -2.34. The van der Waals surface area contributed by atoms with Crippen LogP contribution in [0.3, 0.4) is 0 Å². The standard InChI is InChI=1S/C28H30F3N7O/c1-2-37-13-15-38(16-14-37)12-10-19-3-6-22(7-4-19)34-26-25-20(9-11-32-27(25)39)17-24(36-26)35-23-8-5-21(18-33-23)28(29,30)31/h3-9,11,17-18H,2,10,12-16H2,1H3,(H,32,39)(H2,33,34,35,36). The first kappa shape index (κ1) is 26.6. The lowest BCUT2D eigenvalue weighted by atomic mass is 10.1. The zero-order valence-corrected chi connectivity index (χ0v) is 21.6. The van der Waals surface area contributed by atoms with E-state index < -0.39 is 11.7 Å². The fourth-order valence-electron chi connectivity index (χ4n) is 4.64. The van der Waals surface area contributed by atoms with Crippen molar-refractivity contribution in [3.05, 3.63) is 82.4 Å². The van der Waals surface area contributed by atoms with Crippen LogP contribution in [-0.2, 0) is 12.6 Å². The first-order chi connectivity index (χ1) is 18.8. The van der Waals surface area contributed by atoms with Gasteiger partial charge in [-0.05, 0) is 60.3 Å². The van der Waals surface area contributed by atoms with Crippen LogP contribution in [0.2, 0.25) is 0 Å². The minimum absolute atomic E-state index is 0.200. The number of piperazine rings is 1. The average molecular weight is 538 g/mol. The third kappa shape index (κ3) is 6.55. The predicted molar refractivity (Wildman–Crippen MR) is 147 cm³/mol. The molecule has 0 saturated carbocycles. The van der Waals surface area contributed by atoms with Crippen molar-refractivity contribution in [3.8, 4) is 0 Å². The molecule has 1 aromatic carbocycles. The van der Waals surface area contributed by atoms with Crippen molar-refractivity contribution in [2.45, 2.75) is 19.5 Å². The smallest absolute Gasteiger partial charge is 0.339 e. The summed E-state index contributed by atoms with van der Waals surface area (Å²) in [4.78, 5) is 28.7. The third-order valence-electron chi connectivity index (χ3n) is 6.95. The van der Waals surface area contributed by atoms with E-state index in [0.29, 0.717) is 22.4 Å². The molecule has 1 aliphatic heterocycles. The molecule has 4 aromatic rings. The number of aromatic nitrogens is 3. The highest BCUT2D eigenvalue weighted by Crippen LogP contribution is 2.30. The van der Waals surface area contributed by atoms with E-state index in [0.717, 1.165) is 63.6 Å². The minimum Gasteiger partial charge on any atom is -0.339 e. The van der Waals surface area contributed by atoms with Crippen LogP contribution in [0, 0.1) is 0 Å². The second-order valence-corrected chi connectivity index (χ2v) is 9.53. The van der Waals surface area contributed by atoms with Crippen LogP contribution in [0.15, 0.2) is 65.7 Å². The van der Waals surface area contributed by atoms with Crippen molar-refractivity contribution < 1.29 is 13.2 Å². The van der Waals surface area contributed by atoms with Gasteiger partial charge in [-0.2, -0.15) is 13.2 Å². The molecule has 0 radical (unpaired) electrons. The van der Waals surface area contributed by atoms with Gasteiger partial charge in [0.05, 0.1) is 10.9 Å². The molecule has 8 nitrogen and oxygen atoms in total. The summed E-state index contributed by atoms with van der Waals surface area (Å²) in [6.45, 7) is 8.72. The summed E-state index contributed by atoms with van der Waals surface area (Å²) < 4.78 is 38.6. The van der Waals surface area contributed by atoms with Gasteiger partial charge in [0.15, 0.2) is 0 Å². The minimum atomic E-state index is -4.47. The number of pyridine rings is 3. The summed E-state index contributed by atoms with van der Waals surface area (Å²) in [6, 6.07) is 13.6. The van der Waals surface area contributed by atoms with Crippen LogP contribution in [0.4, 0.5) is 36.3 Å². The highest BCUT2D eigenvalue weighted by Gasteiger charge is 2.30. The van der Waals surface area contributed by atoms with Crippen LogP contribution < -0.4 is 16.2 Å². The lowest BCUT2D eigenvalue weighted by Crippen LogP contribution is -2.46. The van der Waals surface area contributed by atoms with Gasteiger partial charge in [-0.15, -0.1) is 0 Å². The Morgan fingerprint density at radius 2 is 1.69 bits per heavy atom. The van der Waals surface area contributed by atoms with Gasteiger partial charge >= 0.3 is 6.18 Å². The number of rotatable bonds is 8. The SMILES string of the molecule is CCN1CCN(CCc2ccc(Nc3nc(Nc4ccc(C(F)(F)F)cn4)cc4cc[nH]c(=O)c34)cc2)CC1. The van der Waals surface area contributed by atoms with Crippen molar-refractivity contribution in [2.24, 2.45) is 0 Å². The molecule has 1 aliphatic rings. The van der Waals surface area contributed by atoms with Gasteiger partial charge in [-0.25, -0.2) is 9.97 Å². The lowest BCUT2D eigenvalue weighted by molar-refractivity contribution is -0.137. The predicted octanol–water partition coefficient (Wildman–Crippen LogP) is 5.00. The number of alkyl halides is 3. The molecule has 0 aliphatic carbocycles. The molecule has 0 spiro atoms. The molecule has 3 N–H and O–H groups in total. The van der Waals surface area contributed by atoms with Gasteiger partial charge in [0.25, 0.3) is 5.56 Å². The van der Waals surface area contributed by atoms with Gasteiger partial charge in [-0.1, -0.05) is 19.1 Å². The second-order valence-electron chi connectivity index (χ2n) is 9.53. The van der Waals surface area contributed by atoms with E-state index in [2.05, 4.69) is 54.4 Å². The fraction of sp³-hybridized carbons (Fsp3) is 0.321. The van der Waals surface area contributed by atoms with E-state index in [4.69, 9.17) is 0 Å². The third-order valence-corrected chi connectivity index (χ3v) is 6.95. The molecule has 0 atom stereocenters. The number of benzene rings is 1. The molecule has 5 rings (SSSR count). The number of nitrogens with one attached hydrogen (secondary N) is 3. The summed E-state index contributed by atoms with van der Waals surface area (Å²) in [6.07, 6.45) is -1.22. The molecular weight excluding hydrogens is 507 g/mol. The van der Waals surface area contributed by atoms with Gasteiger partial charge in [0.1, 0.15) is 17.5 Å². The topological polar surface area (TPSA) is 89.2 Å². The number of H-pyrrole nitrogens is 1. The number of likely N-dealkylation sites (N-methyl/N-ethyl adjacent to an activating group) is 1. The number of hydrogen-bond acceptors (Lipinski definition) is 7. The first-order valence-electron chi connectivity index (χ1n) is 12.9. The molecule has 0 bridgehead atoms. The quantitative estimate of drug-likeness (QED) is 0.291. The number of hydrogen-bond donors (Lipinski definition) is 3. The maximum Gasteiger partial charge on any atom is 0.417 e. The molecule has 0 unspecified atom stereocenters. The molecule has 3 aromatic heterocycles. The summed E-state index contributed by atoms with van der Waals surface area (Å²) in [5, 5.41) is 7.15. The largest absolute Gasteiger partial charge is 0.417 e. The van der Waals surface area contributed by atoms with Crippen molar-refractivity contribution in [3.63, 3.8) is 0 Å². The maximum absolute atomic E-state index is 12.9. The molecule has 11 heteroatoms. The number of aromatic amines is 1. The van der Waals surface area contributed by atoms with Gasteiger partial charge < -0.3 is 25.4 Å². The normalized spacial score (nSPS) is 15.0. The first-order valence-corrected chi connectivity index (χ1v) is 12.9. The van der Waals surface area contributed by atoms with Crippen LogP contribution >= 0.6 is 0 Å². The Bertz CT molecular complexity index is 1460. The Morgan fingerprint density at radius 1 is 0.949 bits per heavy atom. The second kappa shape index (κ2) is 11.4. The molecule has 204 valence electrons. The van der Waals surface area contributed by atoms with Crippen molar-refractivity contribution in [1.29, 1.82) is 0 Å². The molecule has 1 saturated heterocycles. The van der Waals surface area contributed by atoms with E-state index in [1.807, 2.05) is 12.1 Å². The molecule has 0 amide bonds. The fourth-order valence-corrected chi connectivity index (χ4v) is 4.64. The van der Waals surface area contributed by atoms with Gasteiger partial charge in [0.2, 0.25) is 0 Å². The Hall–Kier alpha value is -3.96. The van der Waals surface area contributed by atoms with Crippen LogP contribution in [0.1, 0.15) is 18.1 Å². The highest BCUT2D eigenvalue weighted by molar-refractivity contribution is 5.94. The van der Waals surface area contributed by atoms with Crippen molar-refractivity contribution in [1.82, 2.24) is 24.8 Å². The Labute approximate surface area is 223 Å². The molecule has 1 fully saturated rings. The number of halogens is 3. The van der Waals surface area contributed by atoms with Crippen LogP contribution in [0.25, 0.3) is 10.8 Å². The summed E-state index contributed by atoms with van der Waals surface area (Å²) >= 11 is 0. The monoisotopic (exact) mass is 537 g/mol. The number of anilines is 4. The van der Waals surface area contributed by atoms with E-state index in [-0.39, 0.29) is 11.4 Å². The van der Waals surface area contributed by atoms with Crippen LogP contribution in [0.5, 0.6) is 0 Å². The molecule has 4 heterocycles. The van der Waals surface area contributed by atoms with Crippen molar-refractivity contribution in [2.75, 3.05) is 49.9 Å². The van der Waals surface area contributed by atoms with E-state index in [1.54, 1.807) is 12.1 Å². The number of fused-ring (bicyclic) bond motifs is 1. The van der Waals surface area contributed by atoms with Gasteiger partial charge in [0, 0.05) is 50.8 Å². The van der Waals surface area contributed by atoms with Crippen LogP contribution in [-0.4, -0.2) is 64.0 Å². The summed E-state index contributed by atoms with van der Waals surface area (Å²) in [7, 11) is 0. The number of nitrogens with zero attached hydrogens (tertiary/aromatic N) is 4. The average Bonchev–Trinajstić information content (AvgIpc) is 2.93. The molecule has 39 heavy (non-hydrogen) atoms. The van der Waals surface area contributed by atoms with Gasteiger partial charge in [-0.3, -0.25) is 4.79 Å². The van der Waals surface area contributed by atoms with E-state index in [9.17, 15) is 18.0 Å². The summed E-state index contributed by atoms with van der Waals surface area (Å²) in [5.74, 6) is 0.860. The van der Waals surface area contributed by atoms with E-state index in [1.165, 1.54) is 17.8 Å². The van der Waals surface area contributed by atoms with Crippen molar-refractivity contribution >= 4 is 33.9 Å². The maximum atomic E-state index is 12.9. The Morgan fingerprint density at radius 3 is 2.36 bits per heavy atom. The Balaban J connectivity index is 1.31.